The first kappa shape index (κ1) is 9.47. The topological polar surface area (TPSA) is 21.3 Å². The van der Waals surface area contributed by atoms with Crippen molar-refractivity contribution in [3.8, 4) is 0 Å². The van der Waals surface area contributed by atoms with Gasteiger partial charge >= 0.3 is 0 Å². The van der Waals surface area contributed by atoms with Gasteiger partial charge in [-0.1, -0.05) is 6.92 Å². The number of hydrogen-bond acceptors (Lipinski definition) is 2. The van der Waals surface area contributed by atoms with Crippen LogP contribution in [0.15, 0.2) is 0 Å². The lowest BCUT2D eigenvalue weighted by Gasteiger charge is -2.38. The van der Waals surface area contributed by atoms with E-state index in [1.54, 1.807) is 0 Å². The van der Waals surface area contributed by atoms with Gasteiger partial charge < -0.3 is 10.1 Å². The van der Waals surface area contributed by atoms with E-state index in [-0.39, 0.29) is 5.60 Å². The van der Waals surface area contributed by atoms with Crippen molar-refractivity contribution in [1.82, 2.24) is 5.32 Å². The van der Waals surface area contributed by atoms with E-state index in [0.717, 1.165) is 12.5 Å². The molecule has 2 nitrogen and oxygen atoms in total. The monoisotopic (exact) mass is 183 g/mol. The van der Waals surface area contributed by atoms with Crippen molar-refractivity contribution in [3.05, 3.63) is 0 Å². The second-order valence-corrected chi connectivity index (χ2v) is 4.86. The summed E-state index contributed by atoms with van der Waals surface area (Å²) in [5, 5.41) is 3.39. The standard InChI is InChI=1S/C11H21NO/c1-9-3-5-11(7-9)8-10(12-2)4-6-13-11/h9-10,12H,3-8H2,1-2H3. The minimum Gasteiger partial charge on any atom is -0.375 e. The van der Waals surface area contributed by atoms with Gasteiger partial charge in [0.1, 0.15) is 0 Å². The fourth-order valence-corrected chi connectivity index (χ4v) is 2.94. The zero-order chi connectivity index (χ0) is 9.31. The summed E-state index contributed by atoms with van der Waals surface area (Å²) in [6, 6.07) is 0.694. The lowest BCUT2D eigenvalue weighted by atomic mass is 9.88. The molecular weight excluding hydrogens is 162 g/mol. The van der Waals surface area contributed by atoms with Crippen LogP contribution in [0, 0.1) is 5.92 Å². The van der Waals surface area contributed by atoms with E-state index in [4.69, 9.17) is 4.74 Å². The Morgan fingerprint density at radius 1 is 1.31 bits per heavy atom. The first-order valence-electron chi connectivity index (χ1n) is 5.55. The molecule has 0 aromatic rings. The Bertz CT molecular complexity index is 179. The van der Waals surface area contributed by atoms with Gasteiger partial charge in [-0.15, -0.1) is 0 Å². The first-order chi connectivity index (χ1) is 6.24. The molecule has 1 aliphatic carbocycles. The van der Waals surface area contributed by atoms with Crippen LogP contribution in [0.25, 0.3) is 0 Å². The highest BCUT2D eigenvalue weighted by Gasteiger charge is 2.42. The molecule has 1 saturated heterocycles. The van der Waals surface area contributed by atoms with Crippen molar-refractivity contribution in [2.24, 2.45) is 5.92 Å². The van der Waals surface area contributed by atoms with Gasteiger partial charge in [-0.3, -0.25) is 0 Å². The van der Waals surface area contributed by atoms with Crippen molar-refractivity contribution >= 4 is 0 Å². The van der Waals surface area contributed by atoms with Crippen LogP contribution in [0.1, 0.15) is 39.0 Å². The van der Waals surface area contributed by atoms with Crippen LogP contribution in [-0.4, -0.2) is 25.3 Å². The van der Waals surface area contributed by atoms with Crippen LogP contribution in [-0.2, 0) is 4.74 Å². The average Bonchev–Trinajstić information content (AvgIpc) is 2.47. The minimum atomic E-state index is 0.255. The smallest absolute Gasteiger partial charge is 0.0700 e. The number of ether oxygens (including phenoxy) is 1. The zero-order valence-electron chi connectivity index (χ0n) is 8.81. The van der Waals surface area contributed by atoms with Crippen molar-refractivity contribution in [2.75, 3.05) is 13.7 Å². The Morgan fingerprint density at radius 2 is 2.15 bits per heavy atom. The third-order valence-electron chi connectivity index (χ3n) is 3.71. The van der Waals surface area contributed by atoms with Gasteiger partial charge in [0.15, 0.2) is 0 Å². The van der Waals surface area contributed by atoms with Gasteiger partial charge in [0, 0.05) is 12.6 Å². The number of nitrogens with one attached hydrogen (secondary N) is 1. The van der Waals surface area contributed by atoms with E-state index < -0.39 is 0 Å². The van der Waals surface area contributed by atoms with Crippen LogP contribution < -0.4 is 5.32 Å². The summed E-state index contributed by atoms with van der Waals surface area (Å²) in [4.78, 5) is 0. The molecular formula is C11H21NO. The average molecular weight is 183 g/mol. The molecule has 13 heavy (non-hydrogen) atoms. The quantitative estimate of drug-likeness (QED) is 0.671. The third kappa shape index (κ3) is 1.89. The number of hydrogen-bond donors (Lipinski definition) is 1. The van der Waals surface area contributed by atoms with E-state index >= 15 is 0 Å². The molecule has 2 aliphatic rings. The normalized spacial score (nSPS) is 45.7. The van der Waals surface area contributed by atoms with Gasteiger partial charge in [0.25, 0.3) is 0 Å². The predicted octanol–water partition coefficient (Wildman–Crippen LogP) is 1.94. The molecule has 2 fully saturated rings. The van der Waals surface area contributed by atoms with Crippen LogP contribution in [0.2, 0.25) is 0 Å². The van der Waals surface area contributed by atoms with E-state index in [9.17, 15) is 0 Å². The zero-order valence-corrected chi connectivity index (χ0v) is 8.81. The van der Waals surface area contributed by atoms with Gasteiger partial charge in [-0.2, -0.15) is 0 Å². The second kappa shape index (κ2) is 3.58. The Balaban J connectivity index is 1.98. The summed E-state index contributed by atoms with van der Waals surface area (Å²) >= 11 is 0. The highest BCUT2D eigenvalue weighted by molar-refractivity contribution is 4.95. The molecule has 0 aromatic heterocycles. The van der Waals surface area contributed by atoms with Crippen molar-refractivity contribution < 1.29 is 4.74 Å². The SMILES string of the molecule is CNC1CCOC2(CCC(C)C2)C1. The maximum Gasteiger partial charge on any atom is 0.0700 e. The van der Waals surface area contributed by atoms with Crippen molar-refractivity contribution in [2.45, 2.75) is 50.7 Å². The molecule has 1 aliphatic heterocycles. The molecule has 1 N–H and O–H groups in total. The molecule has 0 bridgehead atoms. The highest BCUT2D eigenvalue weighted by Crippen LogP contribution is 2.42. The van der Waals surface area contributed by atoms with Crippen LogP contribution >= 0.6 is 0 Å². The van der Waals surface area contributed by atoms with Gasteiger partial charge in [0.2, 0.25) is 0 Å². The fourth-order valence-electron chi connectivity index (χ4n) is 2.94. The summed E-state index contributed by atoms with van der Waals surface area (Å²) in [7, 11) is 2.07. The van der Waals surface area contributed by atoms with Crippen LogP contribution in [0.4, 0.5) is 0 Å². The van der Waals surface area contributed by atoms with Crippen molar-refractivity contribution in [3.63, 3.8) is 0 Å². The van der Waals surface area contributed by atoms with Crippen LogP contribution in [0.5, 0.6) is 0 Å². The summed E-state index contributed by atoms with van der Waals surface area (Å²) < 4.78 is 5.99. The van der Waals surface area contributed by atoms with Gasteiger partial charge in [0.05, 0.1) is 5.60 Å². The molecule has 2 heteroatoms. The molecule has 3 atom stereocenters. The molecule has 3 unspecified atom stereocenters. The Kier molecular flexibility index (Phi) is 2.61. The van der Waals surface area contributed by atoms with Gasteiger partial charge in [-0.25, -0.2) is 0 Å². The molecule has 1 saturated carbocycles. The molecule has 0 aromatic carbocycles. The maximum atomic E-state index is 5.99. The molecule has 1 heterocycles. The molecule has 0 radical (unpaired) electrons. The van der Waals surface area contributed by atoms with E-state index in [2.05, 4.69) is 19.3 Å². The lowest BCUT2D eigenvalue weighted by Crippen LogP contribution is -2.44. The van der Waals surface area contributed by atoms with Gasteiger partial charge in [-0.05, 0) is 45.1 Å². The van der Waals surface area contributed by atoms with Crippen molar-refractivity contribution in [1.29, 1.82) is 0 Å². The molecule has 0 amide bonds. The largest absolute Gasteiger partial charge is 0.375 e. The van der Waals surface area contributed by atoms with Crippen LogP contribution in [0.3, 0.4) is 0 Å². The fraction of sp³-hybridized carbons (Fsp3) is 1.00. The Labute approximate surface area is 81.0 Å². The maximum absolute atomic E-state index is 5.99. The Morgan fingerprint density at radius 3 is 2.77 bits per heavy atom. The van der Waals surface area contributed by atoms with E-state index in [1.165, 1.54) is 32.1 Å². The summed E-state index contributed by atoms with van der Waals surface area (Å²) in [6.45, 7) is 3.30. The van der Waals surface area contributed by atoms with E-state index in [1.807, 2.05) is 0 Å². The first-order valence-corrected chi connectivity index (χ1v) is 5.55. The summed E-state index contributed by atoms with van der Waals surface area (Å²) in [5.41, 5.74) is 0.255. The lowest BCUT2D eigenvalue weighted by molar-refractivity contribution is -0.0847. The minimum absolute atomic E-state index is 0.255. The summed E-state index contributed by atoms with van der Waals surface area (Å²) in [5.74, 6) is 0.871. The molecule has 76 valence electrons. The van der Waals surface area contributed by atoms with E-state index in [0.29, 0.717) is 6.04 Å². The molecule has 1 spiro atoms. The number of rotatable bonds is 1. The third-order valence-corrected chi connectivity index (χ3v) is 3.71. The highest BCUT2D eigenvalue weighted by atomic mass is 16.5. The Hall–Kier alpha value is -0.0800. The second-order valence-electron chi connectivity index (χ2n) is 4.86. The molecule has 2 rings (SSSR count). The summed E-state index contributed by atoms with van der Waals surface area (Å²) in [6.07, 6.45) is 6.34. The predicted molar refractivity (Wildman–Crippen MR) is 53.8 cm³/mol.